The highest BCUT2D eigenvalue weighted by molar-refractivity contribution is 5.94. The molecule has 4 rings (SSSR count). The SMILES string of the molecule is C[C@@H]1Cc2c(C(=O)N(C3CCC3)C3CCC3)nn(C)c2[C@H](C)O1. The van der Waals surface area contributed by atoms with Crippen LogP contribution in [-0.2, 0) is 18.2 Å². The molecule has 0 aromatic carbocycles. The molecule has 2 aliphatic carbocycles. The largest absolute Gasteiger partial charge is 0.369 e. The maximum Gasteiger partial charge on any atom is 0.275 e. The summed E-state index contributed by atoms with van der Waals surface area (Å²) >= 11 is 0. The van der Waals surface area contributed by atoms with Gasteiger partial charge in [-0.1, -0.05) is 0 Å². The van der Waals surface area contributed by atoms with Crippen LogP contribution in [0.25, 0.3) is 0 Å². The van der Waals surface area contributed by atoms with Crippen LogP contribution in [0.5, 0.6) is 0 Å². The Labute approximate surface area is 138 Å². The molecule has 5 nitrogen and oxygen atoms in total. The molecule has 1 aliphatic heterocycles. The molecule has 1 amide bonds. The number of carbonyl (C=O) groups excluding carboxylic acids is 1. The predicted octanol–water partition coefficient (Wildman–Crippen LogP) is 2.99. The Morgan fingerprint density at radius 3 is 2.30 bits per heavy atom. The third-order valence-electron chi connectivity index (χ3n) is 5.88. The fourth-order valence-corrected chi connectivity index (χ4v) is 4.29. The molecule has 23 heavy (non-hydrogen) atoms. The van der Waals surface area contributed by atoms with Crippen LogP contribution < -0.4 is 0 Å². The second-order valence-corrected chi connectivity index (χ2v) is 7.51. The fourth-order valence-electron chi connectivity index (χ4n) is 4.29. The molecule has 2 heterocycles. The van der Waals surface area contributed by atoms with E-state index in [0.29, 0.717) is 17.8 Å². The number of fused-ring (bicyclic) bond motifs is 1. The van der Waals surface area contributed by atoms with Crippen molar-refractivity contribution in [1.29, 1.82) is 0 Å². The summed E-state index contributed by atoms with van der Waals surface area (Å²) in [4.78, 5) is 15.5. The molecule has 126 valence electrons. The molecular formula is C18H27N3O2. The molecule has 1 aromatic rings. The molecule has 2 saturated carbocycles. The van der Waals surface area contributed by atoms with E-state index in [1.165, 1.54) is 12.8 Å². The van der Waals surface area contributed by atoms with Crippen LogP contribution in [0.3, 0.4) is 0 Å². The first-order chi connectivity index (χ1) is 11.1. The van der Waals surface area contributed by atoms with Gasteiger partial charge in [-0.25, -0.2) is 0 Å². The molecule has 0 unspecified atom stereocenters. The van der Waals surface area contributed by atoms with Gasteiger partial charge in [0.2, 0.25) is 0 Å². The summed E-state index contributed by atoms with van der Waals surface area (Å²) in [6.45, 7) is 4.14. The van der Waals surface area contributed by atoms with Crippen LogP contribution in [0.1, 0.15) is 80.2 Å². The second kappa shape index (κ2) is 5.62. The molecule has 0 N–H and O–H groups in total. The van der Waals surface area contributed by atoms with Crippen molar-refractivity contribution in [1.82, 2.24) is 14.7 Å². The van der Waals surface area contributed by atoms with Crippen LogP contribution in [0, 0.1) is 0 Å². The van der Waals surface area contributed by atoms with E-state index in [2.05, 4.69) is 23.8 Å². The molecule has 5 heteroatoms. The molecule has 2 atom stereocenters. The summed E-state index contributed by atoms with van der Waals surface area (Å²) in [5, 5.41) is 4.62. The van der Waals surface area contributed by atoms with Crippen LogP contribution >= 0.6 is 0 Å². The highest BCUT2D eigenvalue weighted by Crippen LogP contribution is 2.37. The summed E-state index contributed by atoms with van der Waals surface area (Å²) in [6, 6.07) is 0.889. The molecular weight excluding hydrogens is 290 g/mol. The number of ether oxygens (including phenoxy) is 1. The van der Waals surface area contributed by atoms with Gasteiger partial charge >= 0.3 is 0 Å². The van der Waals surface area contributed by atoms with Crippen molar-refractivity contribution in [3.05, 3.63) is 17.0 Å². The molecule has 0 bridgehead atoms. The molecule has 0 saturated heterocycles. The van der Waals surface area contributed by atoms with Gasteiger partial charge in [-0.2, -0.15) is 5.10 Å². The second-order valence-electron chi connectivity index (χ2n) is 7.51. The van der Waals surface area contributed by atoms with Crippen molar-refractivity contribution in [2.75, 3.05) is 0 Å². The molecule has 0 spiro atoms. The van der Waals surface area contributed by atoms with E-state index < -0.39 is 0 Å². The highest BCUT2D eigenvalue weighted by Gasteiger charge is 2.40. The van der Waals surface area contributed by atoms with Crippen molar-refractivity contribution in [2.24, 2.45) is 7.05 Å². The first-order valence-electron chi connectivity index (χ1n) is 9.10. The zero-order valence-corrected chi connectivity index (χ0v) is 14.4. The molecule has 1 aromatic heterocycles. The first kappa shape index (κ1) is 15.2. The monoisotopic (exact) mass is 317 g/mol. The van der Waals surface area contributed by atoms with Crippen molar-refractivity contribution in [2.45, 2.75) is 83.1 Å². The Hall–Kier alpha value is -1.36. The Morgan fingerprint density at radius 2 is 1.78 bits per heavy atom. The van der Waals surface area contributed by atoms with E-state index in [4.69, 9.17) is 4.74 Å². The average Bonchev–Trinajstić information content (AvgIpc) is 2.70. The van der Waals surface area contributed by atoms with E-state index in [1.807, 2.05) is 11.7 Å². The van der Waals surface area contributed by atoms with Gasteiger partial charge in [-0.3, -0.25) is 9.48 Å². The van der Waals surface area contributed by atoms with Crippen LogP contribution in [0.4, 0.5) is 0 Å². The van der Waals surface area contributed by atoms with Crippen molar-refractivity contribution in [3.63, 3.8) is 0 Å². The Balaban J connectivity index is 1.69. The van der Waals surface area contributed by atoms with Gasteiger partial charge in [-0.05, 0) is 52.4 Å². The maximum atomic E-state index is 13.3. The van der Waals surface area contributed by atoms with Gasteiger partial charge in [0.1, 0.15) is 0 Å². The molecule has 0 radical (unpaired) electrons. The topological polar surface area (TPSA) is 47.4 Å². The van der Waals surface area contributed by atoms with Gasteiger partial charge in [0, 0.05) is 31.1 Å². The summed E-state index contributed by atoms with van der Waals surface area (Å²) in [6.07, 6.45) is 8.09. The lowest BCUT2D eigenvalue weighted by Gasteiger charge is -2.46. The van der Waals surface area contributed by atoms with Crippen molar-refractivity contribution in [3.8, 4) is 0 Å². The fraction of sp³-hybridized carbons (Fsp3) is 0.778. The number of carbonyl (C=O) groups is 1. The number of hydrogen-bond acceptors (Lipinski definition) is 3. The van der Waals surface area contributed by atoms with E-state index >= 15 is 0 Å². The third-order valence-corrected chi connectivity index (χ3v) is 5.88. The summed E-state index contributed by atoms with van der Waals surface area (Å²) in [5.74, 6) is 0.164. The number of hydrogen-bond donors (Lipinski definition) is 0. The number of nitrogens with zero attached hydrogens (tertiary/aromatic N) is 3. The lowest BCUT2D eigenvalue weighted by molar-refractivity contribution is -0.00919. The zero-order chi connectivity index (χ0) is 16.1. The van der Waals surface area contributed by atoms with Gasteiger partial charge in [0.05, 0.1) is 17.9 Å². The van der Waals surface area contributed by atoms with Crippen LogP contribution in [-0.4, -0.2) is 38.8 Å². The Bertz CT molecular complexity index is 602. The van der Waals surface area contributed by atoms with Crippen LogP contribution in [0.2, 0.25) is 0 Å². The quantitative estimate of drug-likeness (QED) is 0.861. The summed E-state index contributed by atoms with van der Waals surface area (Å²) in [5.41, 5.74) is 2.88. The first-order valence-corrected chi connectivity index (χ1v) is 9.10. The van der Waals surface area contributed by atoms with E-state index in [1.54, 1.807) is 0 Å². The number of aromatic nitrogens is 2. The number of amides is 1. The zero-order valence-electron chi connectivity index (χ0n) is 14.4. The van der Waals surface area contributed by atoms with Gasteiger partial charge in [0.15, 0.2) is 5.69 Å². The summed E-state index contributed by atoms with van der Waals surface area (Å²) in [7, 11) is 1.93. The van der Waals surface area contributed by atoms with Crippen LogP contribution in [0.15, 0.2) is 0 Å². The number of aryl methyl sites for hydroxylation is 1. The average molecular weight is 317 g/mol. The van der Waals surface area contributed by atoms with Gasteiger partial charge < -0.3 is 9.64 Å². The lowest BCUT2D eigenvalue weighted by atomic mass is 9.84. The highest BCUT2D eigenvalue weighted by atomic mass is 16.5. The van der Waals surface area contributed by atoms with Crippen molar-refractivity contribution < 1.29 is 9.53 Å². The molecule has 2 fully saturated rings. The normalized spacial score (nSPS) is 28.0. The molecule has 3 aliphatic rings. The summed E-state index contributed by atoms with van der Waals surface area (Å²) < 4.78 is 7.78. The predicted molar refractivity (Wildman–Crippen MR) is 87.3 cm³/mol. The van der Waals surface area contributed by atoms with Crippen molar-refractivity contribution >= 4 is 5.91 Å². The van der Waals surface area contributed by atoms with E-state index in [0.717, 1.165) is 43.4 Å². The minimum absolute atomic E-state index is 0.00801. The standard InChI is InChI=1S/C18H27N3O2/c1-11-10-15-16(19-20(3)17(15)12(2)23-11)18(22)21(13-6-4-7-13)14-8-5-9-14/h11-14H,4-10H2,1-3H3/t11-,12+/m1/s1. The van der Waals surface area contributed by atoms with Gasteiger partial charge in [0.25, 0.3) is 5.91 Å². The smallest absolute Gasteiger partial charge is 0.275 e. The maximum absolute atomic E-state index is 13.3. The Kier molecular flexibility index (Phi) is 3.71. The third kappa shape index (κ3) is 2.40. The number of rotatable bonds is 3. The van der Waals surface area contributed by atoms with Gasteiger partial charge in [-0.15, -0.1) is 0 Å². The lowest BCUT2D eigenvalue weighted by Crippen LogP contribution is -2.53. The van der Waals surface area contributed by atoms with E-state index in [-0.39, 0.29) is 18.1 Å². The van der Waals surface area contributed by atoms with E-state index in [9.17, 15) is 4.79 Å². The Morgan fingerprint density at radius 1 is 1.17 bits per heavy atom. The minimum atomic E-state index is 0.00801. The minimum Gasteiger partial charge on any atom is -0.369 e.